The summed E-state index contributed by atoms with van der Waals surface area (Å²) in [6.45, 7) is 8.01. The maximum absolute atomic E-state index is 13.8. The van der Waals surface area contributed by atoms with Crippen LogP contribution in [0.3, 0.4) is 0 Å². The fourth-order valence-corrected chi connectivity index (χ4v) is 5.20. The molecule has 35 heavy (non-hydrogen) atoms. The summed E-state index contributed by atoms with van der Waals surface area (Å²) in [4.78, 5) is 34.7. The van der Waals surface area contributed by atoms with E-state index in [-0.39, 0.29) is 17.2 Å². The van der Waals surface area contributed by atoms with Gasteiger partial charge in [0.15, 0.2) is 5.16 Å². The Kier molecular flexibility index (Phi) is 5.94. The number of nitrogens with one attached hydrogen (secondary N) is 2. The van der Waals surface area contributed by atoms with Crippen molar-refractivity contribution in [2.45, 2.75) is 32.9 Å². The molecule has 0 bridgehead atoms. The molecule has 0 fully saturated rings. The van der Waals surface area contributed by atoms with Gasteiger partial charge in [-0.1, -0.05) is 48.2 Å². The van der Waals surface area contributed by atoms with Crippen molar-refractivity contribution in [1.29, 1.82) is 0 Å². The SMILES string of the molecule is Cc1cc(C)cc(NC(=O)CSc2nc3c([nH]c4ccccc43)c(=O)n2-c2cccc(C)c2C)c1. The third kappa shape index (κ3) is 4.35. The highest BCUT2D eigenvalue weighted by atomic mass is 32.2. The predicted octanol–water partition coefficient (Wildman–Crippen LogP) is 5.83. The van der Waals surface area contributed by atoms with Crippen molar-refractivity contribution in [3.8, 4) is 5.69 Å². The number of amides is 1. The number of aryl methyl sites for hydroxylation is 3. The van der Waals surface area contributed by atoms with E-state index in [2.05, 4.69) is 16.4 Å². The number of fused-ring (bicyclic) bond motifs is 3. The number of benzene rings is 3. The number of rotatable bonds is 5. The van der Waals surface area contributed by atoms with Crippen LogP contribution < -0.4 is 10.9 Å². The van der Waals surface area contributed by atoms with Crippen LogP contribution in [0.25, 0.3) is 27.6 Å². The summed E-state index contributed by atoms with van der Waals surface area (Å²) in [6, 6.07) is 19.5. The number of anilines is 1. The number of aromatic amines is 1. The molecule has 5 rings (SSSR count). The highest BCUT2D eigenvalue weighted by molar-refractivity contribution is 7.99. The van der Waals surface area contributed by atoms with Gasteiger partial charge in [-0.05, 0) is 74.2 Å². The lowest BCUT2D eigenvalue weighted by Gasteiger charge is -2.15. The number of hydrogen-bond acceptors (Lipinski definition) is 4. The topological polar surface area (TPSA) is 79.8 Å². The molecule has 0 unspecified atom stereocenters. The second-order valence-electron chi connectivity index (χ2n) is 8.86. The predicted molar refractivity (Wildman–Crippen MR) is 144 cm³/mol. The highest BCUT2D eigenvalue weighted by Gasteiger charge is 2.19. The zero-order chi connectivity index (χ0) is 24.7. The number of carbonyl (C=O) groups excluding carboxylic acids is 1. The molecule has 3 aromatic carbocycles. The van der Waals surface area contributed by atoms with E-state index < -0.39 is 0 Å². The number of thioether (sulfide) groups is 1. The number of para-hydroxylation sites is 1. The van der Waals surface area contributed by atoms with Gasteiger partial charge in [0.1, 0.15) is 11.0 Å². The fraction of sp³-hybridized carbons (Fsp3) is 0.179. The second kappa shape index (κ2) is 9.07. The molecular weight excluding hydrogens is 456 g/mol. The van der Waals surface area contributed by atoms with Crippen LogP contribution in [0.1, 0.15) is 22.3 Å². The molecular formula is C28H26N4O2S. The summed E-state index contributed by atoms with van der Waals surface area (Å²) >= 11 is 1.26. The molecule has 1 amide bonds. The van der Waals surface area contributed by atoms with Crippen molar-refractivity contribution < 1.29 is 4.79 Å². The first-order valence-electron chi connectivity index (χ1n) is 11.4. The minimum absolute atomic E-state index is 0.123. The van der Waals surface area contributed by atoms with Gasteiger partial charge in [0.2, 0.25) is 5.91 Å². The van der Waals surface area contributed by atoms with Crippen molar-refractivity contribution in [1.82, 2.24) is 14.5 Å². The lowest BCUT2D eigenvalue weighted by atomic mass is 10.1. The van der Waals surface area contributed by atoms with E-state index >= 15 is 0 Å². The third-order valence-corrected chi connectivity index (χ3v) is 7.09. The molecule has 6 nitrogen and oxygen atoms in total. The molecule has 176 valence electrons. The molecule has 0 spiro atoms. The smallest absolute Gasteiger partial charge is 0.283 e. The van der Waals surface area contributed by atoms with Crippen molar-refractivity contribution in [3.05, 3.63) is 93.3 Å². The van der Waals surface area contributed by atoms with Gasteiger partial charge >= 0.3 is 0 Å². The summed E-state index contributed by atoms with van der Waals surface area (Å²) in [7, 11) is 0. The van der Waals surface area contributed by atoms with Gasteiger partial charge in [-0.15, -0.1) is 0 Å². The number of carbonyl (C=O) groups is 1. The van der Waals surface area contributed by atoms with Gasteiger partial charge in [-0.3, -0.25) is 14.2 Å². The summed E-state index contributed by atoms with van der Waals surface area (Å²) in [5, 5.41) is 4.34. The Balaban J connectivity index is 1.58. The van der Waals surface area contributed by atoms with E-state index in [9.17, 15) is 9.59 Å². The molecule has 0 atom stereocenters. The van der Waals surface area contributed by atoms with Gasteiger partial charge in [-0.25, -0.2) is 4.98 Å². The first kappa shape index (κ1) is 22.9. The van der Waals surface area contributed by atoms with Crippen molar-refractivity contribution in [3.63, 3.8) is 0 Å². The standard InChI is InChI=1S/C28H26N4O2S/c1-16-12-17(2)14-20(13-16)29-24(33)15-35-28-31-25-21-9-5-6-10-22(21)30-26(25)27(34)32(28)23-11-7-8-18(3)19(23)4/h5-14,30H,15H2,1-4H3,(H,29,33). The maximum Gasteiger partial charge on any atom is 0.283 e. The number of hydrogen-bond donors (Lipinski definition) is 2. The molecule has 0 aliphatic carbocycles. The molecule has 0 aliphatic rings. The Labute approximate surface area is 207 Å². The molecule has 5 aromatic rings. The quantitative estimate of drug-likeness (QED) is 0.244. The lowest BCUT2D eigenvalue weighted by Crippen LogP contribution is -2.23. The minimum Gasteiger partial charge on any atom is -0.349 e. The van der Waals surface area contributed by atoms with E-state index in [0.29, 0.717) is 16.2 Å². The average Bonchev–Trinajstić information content (AvgIpc) is 3.18. The van der Waals surface area contributed by atoms with Crippen molar-refractivity contribution in [2.24, 2.45) is 0 Å². The van der Waals surface area contributed by atoms with Crippen LogP contribution in [0.2, 0.25) is 0 Å². The number of nitrogens with zero attached hydrogens (tertiary/aromatic N) is 2. The number of H-pyrrole nitrogens is 1. The van der Waals surface area contributed by atoms with Crippen LogP contribution >= 0.6 is 11.8 Å². The number of aromatic nitrogens is 3. The van der Waals surface area contributed by atoms with E-state index in [1.807, 2.05) is 82.3 Å². The zero-order valence-corrected chi connectivity index (χ0v) is 20.9. The van der Waals surface area contributed by atoms with Gasteiger partial charge < -0.3 is 10.3 Å². The summed E-state index contributed by atoms with van der Waals surface area (Å²) in [5.41, 5.74) is 7.52. The van der Waals surface area contributed by atoms with Crippen LogP contribution in [0, 0.1) is 27.7 Å². The van der Waals surface area contributed by atoms with Crippen LogP contribution in [0.4, 0.5) is 5.69 Å². The highest BCUT2D eigenvalue weighted by Crippen LogP contribution is 2.28. The summed E-state index contributed by atoms with van der Waals surface area (Å²) in [6.07, 6.45) is 0. The third-order valence-electron chi connectivity index (χ3n) is 6.15. The van der Waals surface area contributed by atoms with E-state index in [1.165, 1.54) is 11.8 Å². The van der Waals surface area contributed by atoms with Gasteiger partial charge in [0.05, 0.1) is 11.4 Å². The second-order valence-corrected chi connectivity index (χ2v) is 9.80. The molecule has 0 saturated carbocycles. The van der Waals surface area contributed by atoms with Crippen molar-refractivity contribution >= 4 is 45.3 Å². The molecule has 0 saturated heterocycles. The maximum atomic E-state index is 13.8. The van der Waals surface area contributed by atoms with Crippen LogP contribution in [0.15, 0.2) is 70.6 Å². The van der Waals surface area contributed by atoms with E-state index in [0.717, 1.165) is 44.5 Å². The minimum atomic E-state index is -0.183. The van der Waals surface area contributed by atoms with Gasteiger partial charge in [-0.2, -0.15) is 0 Å². The average molecular weight is 483 g/mol. The van der Waals surface area contributed by atoms with Crippen LogP contribution in [0.5, 0.6) is 0 Å². The van der Waals surface area contributed by atoms with Gasteiger partial charge in [0, 0.05) is 16.6 Å². The van der Waals surface area contributed by atoms with Crippen LogP contribution in [-0.4, -0.2) is 26.2 Å². The normalized spacial score (nSPS) is 11.3. The molecule has 7 heteroatoms. The monoisotopic (exact) mass is 482 g/mol. The van der Waals surface area contributed by atoms with Crippen molar-refractivity contribution in [2.75, 3.05) is 11.1 Å². The van der Waals surface area contributed by atoms with Gasteiger partial charge in [0.25, 0.3) is 5.56 Å². The zero-order valence-electron chi connectivity index (χ0n) is 20.1. The molecule has 2 N–H and O–H groups in total. The Bertz CT molecular complexity index is 1650. The Hall–Kier alpha value is -3.84. The lowest BCUT2D eigenvalue weighted by molar-refractivity contribution is -0.113. The fourth-order valence-electron chi connectivity index (χ4n) is 4.40. The van der Waals surface area contributed by atoms with E-state index in [1.54, 1.807) is 4.57 Å². The molecule has 2 aromatic heterocycles. The van der Waals surface area contributed by atoms with E-state index in [4.69, 9.17) is 4.98 Å². The Morgan fingerprint density at radius 1 is 1.00 bits per heavy atom. The first-order valence-corrected chi connectivity index (χ1v) is 12.4. The van der Waals surface area contributed by atoms with Crippen LogP contribution in [-0.2, 0) is 4.79 Å². The first-order chi connectivity index (χ1) is 16.8. The molecule has 2 heterocycles. The Morgan fingerprint density at radius 2 is 1.74 bits per heavy atom. The molecule has 0 radical (unpaired) electrons. The largest absolute Gasteiger partial charge is 0.349 e. The summed E-state index contributed by atoms with van der Waals surface area (Å²) in [5.74, 6) is -0.0289. The summed E-state index contributed by atoms with van der Waals surface area (Å²) < 4.78 is 1.62. The Morgan fingerprint density at radius 3 is 2.51 bits per heavy atom. The molecule has 0 aliphatic heterocycles.